The second kappa shape index (κ2) is 42.8. The van der Waals surface area contributed by atoms with Crippen molar-refractivity contribution in [1.29, 1.82) is 0 Å². The number of carbonyl (C=O) groups excluding carboxylic acids is 16. The van der Waals surface area contributed by atoms with E-state index in [1.54, 1.807) is 39.5 Å². The SMILES string of the molecule is CC(C)C[C@H](NC(=O)[C@@H]1CCCN1C(=O)[C@H](COP(=O)(O)O)NC(=O)[C@@H](NC(=O)[C@H](CCCN=C(N)N)NC(=O)[C@H](C)NC(=O)[C@@H](NC(=O)[C@@H]1CCCN1C(=O)CNC(=O)CNC(=O)CCCC[C@@H]1SC[C@@H]2NC(=O)N[C@@H]21)C(C)C)[C@@H](C)O)C(=O)N[C@@H](CCC(N)=O)C(=O)N[C@H](C(=O)N1CCC[C@H]1C(N)=O)[C@@H](C)O. The Morgan fingerprint density at radius 2 is 1.12 bits per heavy atom. The Morgan fingerprint density at radius 1 is 0.578 bits per heavy atom. The third-order valence-electron chi connectivity index (χ3n) is 18.9. The van der Waals surface area contributed by atoms with Gasteiger partial charge in [-0.05, 0) is 110 Å². The van der Waals surface area contributed by atoms with Crippen molar-refractivity contribution >= 4 is 120 Å². The standard InChI is InChI=1S/C65H109N20O22PS/c1-31(2)26-38(57(96)75-37(20-21-45(66)88)56(95)81-51(35(7)87)63(102)84-24-11-15-41(84)53(67)92)76-58(97)43-17-13-25-85(43)62(101)39(29-107-108(104,105)106)77-61(100)50(34(6)86)80-55(94)36(14-10-22-70-64(68)69)74-54(93)33(5)73-60(99)49(32(3)4)79-59(98)42-16-12-23-83(42)48(91)28-72-47(90)27-71-46(89)19-9-8-18-44-52-40(30-109-44)78-65(103)82-52/h31-44,49-52,86-87H,8-30H2,1-7H3,(H2,66,88)(H2,67,92)(H,71,89)(H,72,90)(H,73,99)(H,74,93)(H,75,96)(H,76,97)(H,77,100)(H,79,98)(H,80,94)(H,81,95)(H4,68,69,70)(H2,78,82,103)(H2,104,105,106)/t33-,34+,35+,36-,37-,38-,39-,40-,41-,42-,43-,44-,49-,50-,51-,52-/m0/s1. The van der Waals surface area contributed by atoms with Crippen LogP contribution < -0.4 is 86.7 Å². The van der Waals surface area contributed by atoms with Crippen molar-refractivity contribution in [2.45, 2.75) is 241 Å². The van der Waals surface area contributed by atoms with Gasteiger partial charge in [-0.2, -0.15) is 11.8 Å². The van der Waals surface area contributed by atoms with Crippen molar-refractivity contribution in [3.63, 3.8) is 0 Å². The number of nitrogens with two attached hydrogens (primary N) is 4. The second-order valence-corrected chi connectivity index (χ2v) is 31.0. The highest BCUT2D eigenvalue weighted by Gasteiger charge is 2.46. The number of phosphoric ester groups is 1. The molecule has 0 radical (unpaired) electrons. The number of nitrogens with zero attached hydrogens (tertiary/aromatic N) is 4. The normalized spacial score (nSPS) is 21.6. The number of thioether (sulfide) groups is 1. The van der Waals surface area contributed by atoms with Gasteiger partial charge in [0.25, 0.3) is 0 Å². The summed E-state index contributed by atoms with van der Waals surface area (Å²) in [5.74, 6) is -14.0. The molecule has 5 rings (SSSR count). The van der Waals surface area contributed by atoms with Crippen LogP contribution in [-0.2, 0) is 81.0 Å². The van der Waals surface area contributed by atoms with Gasteiger partial charge < -0.3 is 121 Å². The van der Waals surface area contributed by atoms with E-state index in [0.717, 1.165) is 35.3 Å². The molecule has 0 spiro atoms. The first-order valence-electron chi connectivity index (χ1n) is 36.4. The highest BCUT2D eigenvalue weighted by atomic mass is 32.2. The van der Waals surface area contributed by atoms with E-state index < -0.39 is 208 Å². The van der Waals surface area contributed by atoms with Crippen LogP contribution in [0.1, 0.15) is 145 Å². The number of aliphatic hydroxyl groups excluding tert-OH is 2. The smallest absolute Gasteiger partial charge is 0.391 e. The number of rotatable bonds is 43. The summed E-state index contributed by atoms with van der Waals surface area (Å²) in [7, 11) is -5.46. The summed E-state index contributed by atoms with van der Waals surface area (Å²) >= 11 is 1.76. The molecule has 0 aliphatic carbocycles. The van der Waals surface area contributed by atoms with Gasteiger partial charge in [-0.3, -0.25) is 81.4 Å². The van der Waals surface area contributed by atoms with Gasteiger partial charge in [0.2, 0.25) is 88.6 Å². The molecule has 0 aromatic heterocycles. The molecule has 5 fully saturated rings. The number of hydrogen-bond acceptors (Lipinski definition) is 22. The number of fused-ring (bicyclic) bond motifs is 1. The third-order valence-corrected chi connectivity index (χ3v) is 20.9. The molecular weight excluding hydrogens is 1480 g/mol. The van der Waals surface area contributed by atoms with Crippen LogP contribution in [0.25, 0.3) is 0 Å². The second-order valence-electron chi connectivity index (χ2n) is 28.5. The molecule has 612 valence electrons. The van der Waals surface area contributed by atoms with E-state index >= 15 is 0 Å². The Balaban J connectivity index is 1.21. The molecule has 5 aliphatic rings. The predicted molar refractivity (Wildman–Crippen MR) is 388 cm³/mol. The molecule has 44 heteroatoms. The molecule has 5 saturated heterocycles. The highest BCUT2D eigenvalue weighted by molar-refractivity contribution is 8.00. The lowest BCUT2D eigenvalue weighted by molar-refractivity contribution is -0.144. The van der Waals surface area contributed by atoms with Gasteiger partial charge in [0.05, 0.1) is 44.0 Å². The maximum atomic E-state index is 14.6. The Bertz CT molecular complexity index is 3380. The number of hydrogen-bond donors (Lipinski definition) is 20. The lowest BCUT2D eigenvalue weighted by Gasteiger charge is -2.32. The van der Waals surface area contributed by atoms with E-state index in [2.05, 4.69) is 73.3 Å². The summed E-state index contributed by atoms with van der Waals surface area (Å²) in [6.45, 7) is 7.73. The summed E-state index contributed by atoms with van der Waals surface area (Å²) in [5.41, 5.74) is 21.9. The predicted octanol–water partition coefficient (Wildman–Crippen LogP) is -7.81. The van der Waals surface area contributed by atoms with Gasteiger partial charge in [-0.15, -0.1) is 0 Å². The van der Waals surface area contributed by atoms with Crippen molar-refractivity contribution in [2.24, 2.45) is 39.8 Å². The van der Waals surface area contributed by atoms with Gasteiger partial charge in [0, 0.05) is 50.0 Å². The summed E-state index contributed by atoms with van der Waals surface area (Å²) in [5, 5.41) is 52.3. The molecule has 17 amide bonds. The van der Waals surface area contributed by atoms with Crippen LogP contribution in [0.4, 0.5) is 4.79 Å². The summed E-state index contributed by atoms with van der Waals surface area (Å²) < 4.78 is 16.8. The van der Waals surface area contributed by atoms with Crippen molar-refractivity contribution in [3.05, 3.63) is 0 Å². The first kappa shape index (κ1) is 90.6. The average molecular weight is 1590 g/mol. The van der Waals surface area contributed by atoms with Crippen molar-refractivity contribution in [2.75, 3.05) is 51.6 Å². The van der Waals surface area contributed by atoms with Crippen LogP contribution in [-0.4, -0.2) is 283 Å². The van der Waals surface area contributed by atoms with Crippen molar-refractivity contribution < 1.29 is 106 Å². The fourth-order valence-electron chi connectivity index (χ4n) is 13.2. The number of amides is 17. The Labute approximate surface area is 634 Å². The molecule has 5 aliphatic heterocycles. The zero-order chi connectivity index (χ0) is 81.3. The minimum absolute atomic E-state index is 0.0199. The van der Waals surface area contributed by atoms with Crippen LogP contribution in [0.15, 0.2) is 4.99 Å². The maximum absolute atomic E-state index is 14.6. The molecule has 5 heterocycles. The van der Waals surface area contributed by atoms with Crippen molar-refractivity contribution in [3.8, 4) is 0 Å². The Morgan fingerprint density at radius 3 is 1.71 bits per heavy atom. The summed E-state index contributed by atoms with van der Waals surface area (Å²) in [4.78, 5) is 242. The van der Waals surface area contributed by atoms with Gasteiger partial charge in [-0.1, -0.05) is 34.1 Å². The zero-order valence-electron chi connectivity index (χ0n) is 62.2. The molecule has 0 aromatic carbocycles. The van der Waals surface area contributed by atoms with Crippen molar-refractivity contribution in [1.82, 2.24) is 78.5 Å². The lowest BCUT2D eigenvalue weighted by atomic mass is 10.0. The van der Waals surface area contributed by atoms with Gasteiger partial charge in [-0.25, -0.2) is 9.36 Å². The minimum atomic E-state index is -5.46. The molecule has 0 aromatic rings. The number of aliphatic hydroxyl groups is 2. The Kier molecular flexibility index (Phi) is 35.6. The molecule has 109 heavy (non-hydrogen) atoms. The molecule has 0 bridgehead atoms. The number of carbonyl (C=O) groups is 16. The Hall–Kier alpha value is -9.03. The topological polar surface area (TPSA) is 651 Å². The van der Waals surface area contributed by atoms with Gasteiger partial charge in [0.1, 0.15) is 66.5 Å². The van der Waals surface area contributed by atoms with Crippen LogP contribution in [0.3, 0.4) is 0 Å². The zero-order valence-corrected chi connectivity index (χ0v) is 64.0. The van der Waals surface area contributed by atoms with Crippen LogP contribution in [0, 0.1) is 11.8 Å². The van der Waals surface area contributed by atoms with Gasteiger partial charge in [0.15, 0.2) is 5.96 Å². The quantitative estimate of drug-likeness (QED) is 0.00886. The summed E-state index contributed by atoms with van der Waals surface area (Å²) in [6, 6.07) is -16.9. The molecule has 0 unspecified atom stereocenters. The minimum Gasteiger partial charge on any atom is -0.391 e. The molecule has 16 atom stereocenters. The van der Waals surface area contributed by atoms with E-state index in [0.29, 0.717) is 19.3 Å². The number of phosphoric acid groups is 1. The van der Waals surface area contributed by atoms with Gasteiger partial charge >= 0.3 is 13.9 Å². The van der Waals surface area contributed by atoms with E-state index in [1.807, 2.05) is 0 Å². The van der Waals surface area contributed by atoms with E-state index in [-0.39, 0.29) is 119 Å². The third kappa shape index (κ3) is 28.4. The average Bonchev–Trinajstić information content (AvgIpc) is 1.73. The number of unbranched alkanes of at least 4 members (excludes halogenated alkanes) is 1. The van der Waals surface area contributed by atoms with Crippen LogP contribution in [0.2, 0.25) is 0 Å². The molecule has 0 saturated carbocycles. The van der Waals surface area contributed by atoms with Crippen LogP contribution >= 0.6 is 19.6 Å². The first-order valence-corrected chi connectivity index (χ1v) is 39.0. The first-order chi connectivity index (χ1) is 51.2. The molecular formula is C65H109N20O22PS. The fraction of sp³-hybridized carbons (Fsp3) is 0.738. The number of primary amides is 2. The molecule has 42 nitrogen and oxygen atoms in total. The highest BCUT2D eigenvalue weighted by Crippen LogP contribution is 2.36. The van der Waals surface area contributed by atoms with E-state index in [4.69, 9.17) is 22.9 Å². The van der Waals surface area contributed by atoms with E-state index in [1.165, 1.54) is 18.7 Å². The number of nitrogens with one attached hydrogen (secondary N) is 12. The largest absolute Gasteiger partial charge is 0.469 e. The fourth-order valence-corrected chi connectivity index (χ4v) is 15.0. The van der Waals surface area contributed by atoms with E-state index in [9.17, 15) is 101 Å². The maximum Gasteiger partial charge on any atom is 0.469 e. The number of aliphatic imine (C=N–C) groups is 1. The van der Waals surface area contributed by atoms with Crippen LogP contribution in [0.5, 0.6) is 0 Å². The number of guanidine groups is 1. The molecule has 24 N–H and O–H groups in total. The lowest BCUT2D eigenvalue weighted by Crippen LogP contribution is -2.62. The number of likely N-dealkylation sites (tertiary alicyclic amines) is 3. The number of urea groups is 1. The summed E-state index contributed by atoms with van der Waals surface area (Å²) in [6.07, 6.45) is -1.24. The monoisotopic (exact) mass is 1580 g/mol.